The largest absolute Gasteiger partial charge is 0.491 e. The van der Waals surface area contributed by atoms with Gasteiger partial charge >= 0.3 is 5.97 Å². The van der Waals surface area contributed by atoms with E-state index in [0.717, 1.165) is 16.9 Å². The number of nitrogens with one attached hydrogen (secondary N) is 1. The van der Waals surface area contributed by atoms with Crippen molar-refractivity contribution in [2.24, 2.45) is 0 Å². The number of aliphatic hydroxyl groups is 1. The number of esters is 1. The third-order valence-electron chi connectivity index (χ3n) is 3.70. The average molecular weight is 343 g/mol. The molecule has 0 aliphatic carbocycles. The summed E-state index contributed by atoms with van der Waals surface area (Å²) in [6.45, 7) is 5.38. The average Bonchev–Trinajstić information content (AvgIpc) is 2.62. The molecule has 0 saturated heterocycles. The molecule has 0 bridgehead atoms. The third-order valence-corrected chi connectivity index (χ3v) is 3.70. The van der Waals surface area contributed by atoms with E-state index in [1.54, 1.807) is 19.1 Å². The Morgan fingerprint density at radius 1 is 1.16 bits per heavy atom. The zero-order valence-electron chi connectivity index (χ0n) is 14.7. The summed E-state index contributed by atoms with van der Waals surface area (Å²) in [4.78, 5) is 11.6. The number of carbonyl (C=O) groups is 1. The zero-order valence-corrected chi connectivity index (χ0v) is 14.7. The van der Waals surface area contributed by atoms with Crippen molar-refractivity contribution in [2.75, 3.05) is 19.8 Å². The van der Waals surface area contributed by atoms with Gasteiger partial charge in [0, 0.05) is 13.1 Å². The summed E-state index contributed by atoms with van der Waals surface area (Å²) in [6, 6.07) is 14.9. The van der Waals surface area contributed by atoms with Crippen LogP contribution in [0.3, 0.4) is 0 Å². The fourth-order valence-corrected chi connectivity index (χ4v) is 2.32. The van der Waals surface area contributed by atoms with Crippen molar-refractivity contribution >= 4 is 5.97 Å². The fourth-order valence-electron chi connectivity index (χ4n) is 2.32. The first-order valence-electron chi connectivity index (χ1n) is 8.43. The maximum absolute atomic E-state index is 11.6. The lowest BCUT2D eigenvalue weighted by atomic mass is 10.1. The molecule has 25 heavy (non-hydrogen) atoms. The molecule has 0 aliphatic rings. The van der Waals surface area contributed by atoms with Gasteiger partial charge in [-0.3, -0.25) is 0 Å². The van der Waals surface area contributed by atoms with Crippen molar-refractivity contribution in [3.05, 3.63) is 65.2 Å². The molecule has 0 saturated carbocycles. The smallest absolute Gasteiger partial charge is 0.338 e. The fraction of sp³-hybridized carbons (Fsp3) is 0.350. The first kappa shape index (κ1) is 19.0. The Balaban J connectivity index is 1.71. The first-order chi connectivity index (χ1) is 12.1. The Kier molecular flexibility index (Phi) is 7.44. The van der Waals surface area contributed by atoms with Crippen molar-refractivity contribution in [1.29, 1.82) is 0 Å². The Morgan fingerprint density at radius 3 is 2.56 bits per heavy atom. The van der Waals surface area contributed by atoms with Crippen LogP contribution in [0.2, 0.25) is 0 Å². The van der Waals surface area contributed by atoms with Crippen molar-refractivity contribution in [3.8, 4) is 5.75 Å². The molecule has 2 N–H and O–H groups in total. The van der Waals surface area contributed by atoms with Gasteiger partial charge in [-0.2, -0.15) is 0 Å². The van der Waals surface area contributed by atoms with Crippen LogP contribution in [-0.2, 0) is 11.3 Å². The van der Waals surface area contributed by atoms with E-state index in [1.165, 1.54) is 0 Å². The molecule has 0 heterocycles. The molecule has 0 radical (unpaired) electrons. The number of benzene rings is 2. The summed E-state index contributed by atoms with van der Waals surface area (Å²) in [7, 11) is 0. The predicted octanol–water partition coefficient (Wildman–Crippen LogP) is 2.70. The van der Waals surface area contributed by atoms with E-state index >= 15 is 0 Å². The highest BCUT2D eigenvalue weighted by Crippen LogP contribution is 2.16. The van der Waals surface area contributed by atoms with Crippen molar-refractivity contribution in [3.63, 3.8) is 0 Å². The summed E-state index contributed by atoms with van der Waals surface area (Å²) in [5.41, 5.74) is 2.61. The molecule has 1 unspecified atom stereocenters. The van der Waals surface area contributed by atoms with Gasteiger partial charge in [0.15, 0.2) is 0 Å². The number of hydrogen-bond acceptors (Lipinski definition) is 5. The van der Waals surface area contributed by atoms with E-state index < -0.39 is 6.10 Å². The molecule has 0 aliphatic heterocycles. The number of aliphatic hydroxyl groups excluding tert-OH is 1. The first-order valence-corrected chi connectivity index (χ1v) is 8.43. The van der Waals surface area contributed by atoms with Crippen molar-refractivity contribution in [1.82, 2.24) is 5.32 Å². The number of rotatable bonds is 9. The van der Waals surface area contributed by atoms with E-state index in [1.807, 2.05) is 43.3 Å². The van der Waals surface area contributed by atoms with Crippen molar-refractivity contribution < 1.29 is 19.4 Å². The number of carbonyl (C=O) groups excluding carboxylic acids is 1. The Labute approximate surface area is 148 Å². The maximum atomic E-state index is 11.6. The maximum Gasteiger partial charge on any atom is 0.338 e. The van der Waals surface area contributed by atoms with Crippen LogP contribution >= 0.6 is 0 Å². The zero-order chi connectivity index (χ0) is 18.1. The third kappa shape index (κ3) is 6.21. The molecule has 5 nitrogen and oxygen atoms in total. The number of para-hydroxylation sites is 1. The van der Waals surface area contributed by atoms with Gasteiger partial charge in [-0.05, 0) is 43.2 Å². The van der Waals surface area contributed by atoms with Crippen LogP contribution in [0.1, 0.15) is 28.4 Å². The summed E-state index contributed by atoms with van der Waals surface area (Å²) >= 11 is 0. The van der Waals surface area contributed by atoms with Gasteiger partial charge in [0.1, 0.15) is 18.5 Å². The Bertz CT molecular complexity index is 670. The lowest BCUT2D eigenvalue weighted by molar-refractivity contribution is 0.0526. The second kappa shape index (κ2) is 9.81. The number of aryl methyl sites for hydroxylation is 1. The van der Waals surface area contributed by atoms with Gasteiger partial charge in [0.2, 0.25) is 0 Å². The molecule has 134 valence electrons. The summed E-state index contributed by atoms with van der Waals surface area (Å²) < 4.78 is 10.6. The quantitative estimate of drug-likeness (QED) is 0.685. The molecule has 2 aromatic carbocycles. The van der Waals surface area contributed by atoms with E-state index in [2.05, 4.69) is 5.32 Å². The van der Waals surface area contributed by atoms with Crippen molar-refractivity contribution in [2.45, 2.75) is 26.5 Å². The van der Waals surface area contributed by atoms with Crippen LogP contribution in [0, 0.1) is 6.92 Å². The molecule has 2 rings (SSSR count). The van der Waals surface area contributed by atoms with Crippen LogP contribution < -0.4 is 10.1 Å². The van der Waals surface area contributed by atoms with Gasteiger partial charge in [-0.25, -0.2) is 4.79 Å². The molecule has 0 fully saturated rings. The second-order valence-corrected chi connectivity index (χ2v) is 5.78. The molecular weight excluding hydrogens is 318 g/mol. The number of ether oxygens (including phenoxy) is 2. The van der Waals surface area contributed by atoms with Gasteiger partial charge in [-0.1, -0.05) is 30.3 Å². The normalized spacial score (nSPS) is 11.8. The molecule has 5 heteroatoms. The van der Waals surface area contributed by atoms with Gasteiger partial charge in [-0.15, -0.1) is 0 Å². The molecule has 1 atom stereocenters. The summed E-state index contributed by atoms with van der Waals surface area (Å²) in [5.74, 6) is 0.474. The predicted molar refractivity (Wildman–Crippen MR) is 96.8 cm³/mol. The van der Waals surface area contributed by atoms with Crippen LogP contribution in [0.25, 0.3) is 0 Å². The van der Waals surface area contributed by atoms with Crippen LogP contribution in [0.4, 0.5) is 0 Å². The van der Waals surface area contributed by atoms with E-state index in [9.17, 15) is 9.90 Å². The van der Waals surface area contributed by atoms with Gasteiger partial charge < -0.3 is 19.9 Å². The topological polar surface area (TPSA) is 67.8 Å². The molecule has 0 aromatic heterocycles. The summed E-state index contributed by atoms with van der Waals surface area (Å²) in [6.07, 6.45) is -0.599. The monoisotopic (exact) mass is 343 g/mol. The highest BCUT2D eigenvalue weighted by atomic mass is 16.5. The minimum Gasteiger partial charge on any atom is -0.491 e. The SMILES string of the molecule is CCOC(=O)c1ccc(CNCC(O)COc2ccccc2C)cc1. The molecule has 2 aromatic rings. The van der Waals surface area contributed by atoms with Crippen LogP contribution in [-0.4, -0.2) is 36.9 Å². The van der Waals surface area contributed by atoms with E-state index in [4.69, 9.17) is 9.47 Å². The molecular formula is C20H25NO4. The standard InChI is InChI=1S/C20H25NO4/c1-3-24-20(23)17-10-8-16(9-11-17)12-21-13-18(22)14-25-19-7-5-4-6-15(19)2/h4-11,18,21-22H,3,12-14H2,1-2H3. The second-order valence-electron chi connectivity index (χ2n) is 5.78. The molecule has 0 spiro atoms. The lowest BCUT2D eigenvalue weighted by Crippen LogP contribution is -2.31. The highest BCUT2D eigenvalue weighted by molar-refractivity contribution is 5.89. The minimum atomic E-state index is -0.599. The van der Waals surface area contributed by atoms with Gasteiger partial charge in [0.05, 0.1) is 12.2 Å². The lowest BCUT2D eigenvalue weighted by Gasteiger charge is -2.14. The Morgan fingerprint density at radius 2 is 1.88 bits per heavy atom. The Hall–Kier alpha value is -2.37. The van der Waals surface area contributed by atoms with Crippen LogP contribution in [0.5, 0.6) is 5.75 Å². The number of hydrogen-bond donors (Lipinski definition) is 2. The van der Waals surface area contributed by atoms with E-state index in [0.29, 0.717) is 25.3 Å². The van der Waals surface area contributed by atoms with Gasteiger partial charge in [0.25, 0.3) is 0 Å². The molecule has 0 amide bonds. The van der Waals surface area contributed by atoms with Crippen LogP contribution in [0.15, 0.2) is 48.5 Å². The summed E-state index contributed by atoms with van der Waals surface area (Å²) in [5, 5.41) is 13.2. The van der Waals surface area contributed by atoms with E-state index in [-0.39, 0.29) is 12.6 Å². The highest BCUT2D eigenvalue weighted by Gasteiger charge is 2.08. The minimum absolute atomic E-state index is 0.236.